The highest BCUT2D eigenvalue weighted by atomic mass is 16.4. The first kappa shape index (κ1) is 20.6. The molecule has 0 fully saturated rings. The molecule has 0 aromatic heterocycles. The second kappa shape index (κ2) is 9.62. The number of allylic oxidation sites excluding steroid dienone is 2. The first-order valence-electron chi connectivity index (χ1n) is 7.80. The lowest BCUT2D eigenvalue weighted by molar-refractivity contribution is -0.153. The fourth-order valence-corrected chi connectivity index (χ4v) is 2.73. The number of carboxylic acid groups (broad SMARTS) is 2. The van der Waals surface area contributed by atoms with Gasteiger partial charge in [-0.1, -0.05) is 39.8 Å². The van der Waals surface area contributed by atoms with Crippen molar-refractivity contribution in [3.63, 3.8) is 0 Å². The molecule has 5 nitrogen and oxygen atoms in total. The van der Waals surface area contributed by atoms with Crippen LogP contribution >= 0.6 is 0 Å². The SMILES string of the molecule is CC(CCO)CC(C)(C)C.O=C(O)C1CC=CCC1C(=O)O. The van der Waals surface area contributed by atoms with Crippen LogP contribution in [0.1, 0.15) is 53.4 Å². The summed E-state index contributed by atoms with van der Waals surface area (Å²) in [4.78, 5) is 21.1. The van der Waals surface area contributed by atoms with Gasteiger partial charge in [-0.3, -0.25) is 9.59 Å². The normalized spacial score (nSPS) is 22.4. The van der Waals surface area contributed by atoms with E-state index in [2.05, 4.69) is 27.7 Å². The molecule has 0 spiro atoms. The van der Waals surface area contributed by atoms with Crippen molar-refractivity contribution in [1.29, 1.82) is 0 Å². The van der Waals surface area contributed by atoms with Crippen LogP contribution < -0.4 is 0 Å². The summed E-state index contributed by atoms with van der Waals surface area (Å²) in [6.45, 7) is 9.24. The summed E-state index contributed by atoms with van der Waals surface area (Å²) >= 11 is 0. The number of carbonyl (C=O) groups is 2. The van der Waals surface area contributed by atoms with Crippen LogP contribution in [0, 0.1) is 23.2 Å². The summed E-state index contributed by atoms with van der Waals surface area (Å²) in [7, 11) is 0. The smallest absolute Gasteiger partial charge is 0.307 e. The predicted octanol–water partition coefficient (Wildman–Crippen LogP) is 3.18. The minimum Gasteiger partial charge on any atom is -0.481 e. The summed E-state index contributed by atoms with van der Waals surface area (Å²) in [6, 6.07) is 0. The molecule has 0 saturated carbocycles. The number of rotatable bonds is 5. The van der Waals surface area contributed by atoms with Crippen LogP contribution in [0.4, 0.5) is 0 Å². The van der Waals surface area contributed by atoms with Crippen LogP contribution in [0.5, 0.6) is 0 Å². The summed E-state index contributed by atoms with van der Waals surface area (Å²) in [5.41, 5.74) is 0.411. The lowest BCUT2D eigenvalue weighted by Gasteiger charge is -2.22. The van der Waals surface area contributed by atoms with Crippen molar-refractivity contribution < 1.29 is 24.9 Å². The van der Waals surface area contributed by atoms with Crippen LogP contribution in [0.2, 0.25) is 0 Å². The van der Waals surface area contributed by atoms with Crippen molar-refractivity contribution in [3.05, 3.63) is 12.2 Å². The Bertz CT molecular complexity index is 357. The molecule has 128 valence electrons. The van der Waals surface area contributed by atoms with Crippen molar-refractivity contribution >= 4 is 11.9 Å². The van der Waals surface area contributed by atoms with Crippen LogP contribution in [0.15, 0.2) is 12.2 Å². The summed E-state index contributed by atoms with van der Waals surface area (Å²) in [5.74, 6) is -2.90. The summed E-state index contributed by atoms with van der Waals surface area (Å²) < 4.78 is 0. The van der Waals surface area contributed by atoms with E-state index in [4.69, 9.17) is 15.3 Å². The molecule has 0 radical (unpaired) electrons. The lowest BCUT2D eigenvalue weighted by Crippen LogP contribution is -2.30. The molecule has 0 bridgehead atoms. The van der Waals surface area contributed by atoms with E-state index in [-0.39, 0.29) is 0 Å². The molecule has 22 heavy (non-hydrogen) atoms. The highest BCUT2D eigenvalue weighted by Crippen LogP contribution is 2.26. The maximum Gasteiger partial charge on any atom is 0.307 e. The van der Waals surface area contributed by atoms with Gasteiger partial charge in [-0.2, -0.15) is 0 Å². The third-order valence-corrected chi connectivity index (χ3v) is 3.65. The molecule has 0 heterocycles. The molecule has 0 aromatic carbocycles. The van der Waals surface area contributed by atoms with Gasteiger partial charge in [0.05, 0.1) is 11.8 Å². The standard InChI is InChI=1S/C9H20O.C8H10O4/c1-8(5-6-10)7-9(2,3)4;9-7(10)5-3-1-2-4-6(5)8(11)12/h8,10H,5-7H2,1-4H3;1-2,5-6H,3-4H2,(H,9,10)(H,11,12). The number of hydrogen-bond acceptors (Lipinski definition) is 3. The molecule has 0 aromatic rings. The fraction of sp³-hybridized carbons (Fsp3) is 0.765. The van der Waals surface area contributed by atoms with E-state index in [1.165, 1.54) is 6.42 Å². The van der Waals surface area contributed by atoms with Crippen molar-refractivity contribution in [2.24, 2.45) is 23.2 Å². The Labute approximate surface area is 133 Å². The molecule has 0 aliphatic heterocycles. The molecule has 3 unspecified atom stereocenters. The Balaban J connectivity index is 0.000000409. The van der Waals surface area contributed by atoms with Crippen LogP contribution in [-0.4, -0.2) is 33.9 Å². The van der Waals surface area contributed by atoms with Crippen LogP contribution in [0.25, 0.3) is 0 Å². The van der Waals surface area contributed by atoms with Crippen LogP contribution in [-0.2, 0) is 9.59 Å². The van der Waals surface area contributed by atoms with Gasteiger partial charge in [0.2, 0.25) is 0 Å². The highest BCUT2D eigenvalue weighted by molar-refractivity contribution is 5.80. The monoisotopic (exact) mass is 314 g/mol. The van der Waals surface area contributed by atoms with Crippen molar-refractivity contribution in [1.82, 2.24) is 0 Å². The zero-order valence-corrected chi connectivity index (χ0v) is 14.1. The average Bonchev–Trinajstić information content (AvgIpc) is 2.37. The van der Waals surface area contributed by atoms with Gasteiger partial charge in [-0.25, -0.2) is 0 Å². The van der Waals surface area contributed by atoms with E-state index in [0.717, 1.165) is 6.42 Å². The Morgan fingerprint density at radius 3 is 1.77 bits per heavy atom. The van der Waals surface area contributed by atoms with E-state index in [1.54, 1.807) is 12.2 Å². The topological polar surface area (TPSA) is 94.8 Å². The molecule has 0 amide bonds. The van der Waals surface area contributed by atoms with E-state index in [0.29, 0.717) is 30.8 Å². The zero-order chi connectivity index (χ0) is 17.3. The molecule has 3 N–H and O–H groups in total. The largest absolute Gasteiger partial charge is 0.481 e. The molecule has 1 aliphatic carbocycles. The first-order chi connectivity index (χ1) is 10.1. The van der Waals surface area contributed by atoms with Gasteiger partial charge >= 0.3 is 11.9 Å². The Morgan fingerprint density at radius 2 is 1.50 bits per heavy atom. The van der Waals surface area contributed by atoms with E-state index in [1.807, 2.05) is 0 Å². The molecule has 1 rings (SSSR count). The maximum absolute atomic E-state index is 10.6. The number of hydrogen-bond donors (Lipinski definition) is 3. The second-order valence-electron chi connectivity index (χ2n) is 7.21. The number of aliphatic hydroxyl groups excluding tert-OH is 1. The third-order valence-electron chi connectivity index (χ3n) is 3.65. The van der Waals surface area contributed by atoms with Crippen molar-refractivity contribution in [2.45, 2.75) is 53.4 Å². The van der Waals surface area contributed by atoms with E-state index < -0.39 is 23.8 Å². The number of carboxylic acids is 2. The van der Waals surface area contributed by atoms with Crippen molar-refractivity contribution in [3.8, 4) is 0 Å². The fourth-order valence-electron chi connectivity index (χ4n) is 2.73. The van der Waals surface area contributed by atoms with Gasteiger partial charge in [0.15, 0.2) is 0 Å². The first-order valence-corrected chi connectivity index (χ1v) is 7.80. The Morgan fingerprint density at radius 1 is 1.09 bits per heavy atom. The minimum absolute atomic E-state index is 0.326. The Kier molecular flexibility index (Phi) is 9.02. The van der Waals surface area contributed by atoms with E-state index >= 15 is 0 Å². The van der Waals surface area contributed by atoms with Gasteiger partial charge in [0, 0.05) is 6.61 Å². The van der Waals surface area contributed by atoms with Crippen LogP contribution in [0.3, 0.4) is 0 Å². The number of aliphatic hydroxyl groups is 1. The molecule has 1 aliphatic rings. The summed E-state index contributed by atoms with van der Waals surface area (Å²) in [5, 5.41) is 26.0. The molecule has 0 saturated heterocycles. The van der Waals surface area contributed by atoms with E-state index in [9.17, 15) is 9.59 Å². The quantitative estimate of drug-likeness (QED) is 0.677. The summed E-state index contributed by atoms with van der Waals surface area (Å²) in [6.07, 6.45) is 6.24. The van der Waals surface area contributed by atoms with Gasteiger partial charge < -0.3 is 15.3 Å². The Hall–Kier alpha value is -1.36. The average molecular weight is 314 g/mol. The minimum atomic E-state index is -1.02. The van der Waals surface area contributed by atoms with Gasteiger partial charge in [-0.05, 0) is 37.0 Å². The predicted molar refractivity (Wildman–Crippen MR) is 85.6 cm³/mol. The highest BCUT2D eigenvalue weighted by Gasteiger charge is 2.33. The second-order valence-corrected chi connectivity index (χ2v) is 7.21. The van der Waals surface area contributed by atoms with Gasteiger partial charge in [0.25, 0.3) is 0 Å². The van der Waals surface area contributed by atoms with Gasteiger partial charge in [0.1, 0.15) is 0 Å². The van der Waals surface area contributed by atoms with Gasteiger partial charge in [-0.15, -0.1) is 0 Å². The molecular weight excluding hydrogens is 284 g/mol. The van der Waals surface area contributed by atoms with Crippen molar-refractivity contribution in [2.75, 3.05) is 6.61 Å². The number of aliphatic carboxylic acids is 2. The molecule has 5 heteroatoms. The third kappa shape index (κ3) is 8.82. The maximum atomic E-state index is 10.6. The molecular formula is C17H30O5. The lowest BCUT2D eigenvalue weighted by atomic mass is 9.83. The zero-order valence-electron chi connectivity index (χ0n) is 14.1. The molecule has 3 atom stereocenters.